The van der Waals surface area contributed by atoms with Gasteiger partial charge in [0, 0.05) is 45.2 Å². The van der Waals surface area contributed by atoms with E-state index in [0.29, 0.717) is 6.04 Å². The third kappa shape index (κ3) is 5.00. The first-order valence-electron chi connectivity index (χ1n) is 5.59. The monoisotopic (exact) mass is 210 g/mol. The van der Waals surface area contributed by atoms with E-state index in [9.17, 15) is 0 Å². The third-order valence-corrected chi connectivity index (χ3v) is 2.29. The summed E-state index contributed by atoms with van der Waals surface area (Å²) in [6, 6.07) is 2.71. The molecule has 0 aromatic carbocycles. The lowest BCUT2D eigenvalue weighted by molar-refractivity contribution is 0.190. The topological polar surface area (TPSA) is 26.2 Å². The summed E-state index contributed by atoms with van der Waals surface area (Å²) in [5.74, 6) is 0. The molecule has 3 nitrogen and oxygen atoms in total. The molecule has 1 rings (SSSR count). The van der Waals surface area contributed by atoms with Gasteiger partial charge in [-0.3, -0.25) is 0 Å². The molecule has 15 heavy (non-hydrogen) atoms. The molecule has 0 unspecified atom stereocenters. The molecule has 86 valence electrons. The Bertz CT molecular complexity index is 268. The van der Waals surface area contributed by atoms with Gasteiger partial charge < -0.3 is 14.6 Å². The predicted octanol–water partition coefficient (Wildman–Crippen LogP) is 2.02. The summed E-state index contributed by atoms with van der Waals surface area (Å²) in [5, 5.41) is 3.40. The maximum Gasteiger partial charge on any atom is 0.0479 e. The van der Waals surface area contributed by atoms with Crippen LogP contribution in [0.15, 0.2) is 18.5 Å². The van der Waals surface area contributed by atoms with Gasteiger partial charge in [-0.25, -0.2) is 0 Å². The van der Waals surface area contributed by atoms with E-state index >= 15 is 0 Å². The highest BCUT2D eigenvalue weighted by atomic mass is 16.5. The van der Waals surface area contributed by atoms with Crippen LogP contribution in [0.5, 0.6) is 0 Å². The number of hydrogen-bond donors (Lipinski definition) is 1. The Kier molecular flexibility index (Phi) is 5.43. The summed E-state index contributed by atoms with van der Waals surface area (Å²) in [6.07, 6.45) is 5.40. The van der Waals surface area contributed by atoms with E-state index in [1.807, 2.05) is 0 Å². The average molecular weight is 210 g/mol. The molecule has 0 saturated heterocycles. The molecule has 0 aliphatic rings. The maximum absolute atomic E-state index is 5.02. The van der Waals surface area contributed by atoms with Crippen molar-refractivity contribution in [2.24, 2.45) is 0 Å². The zero-order valence-corrected chi connectivity index (χ0v) is 9.99. The summed E-state index contributed by atoms with van der Waals surface area (Å²) < 4.78 is 7.24. The van der Waals surface area contributed by atoms with Crippen molar-refractivity contribution in [1.29, 1.82) is 0 Å². The number of nitrogens with zero attached hydrogens (tertiary/aromatic N) is 1. The van der Waals surface area contributed by atoms with E-state index in [1.165, 1.54) is 5.56 Å². The summed E-state index contributed by atoms with van der Waals surface area (Å²) in [7, 11) is 1.74. The molecule has 0 bridgehead atoms. The lowest BCUT2D eigenvalue weighted by atomic mass is 10.3. The van der Waals surface area contributed by atoms with E-state index in [-0.39, 0.29) is 0 Å². The van der Waals surface area contributed by atoms with Crippen molar-refractivity contribution >= 4 is 0 Å². The first-order chi connectivity index (χ1) is 7.22. The molecule has 0 atom stereocenters. The molecule has 1 aromatic heterocycles. The van der Waals surface area contributed by atoms with Crippen LogP contribution in [0.4, 0.5) is 0 Å². The van der Waals surface area contributed by atoms with Crippen LogP contribution in [0.1, 0.15) is 25.8 Å². The minimum atomic E-state index is 0.543. The number of hydrogen-bond acceptors (Lipinski definition) is 2. The summed E-state index contributed by atoms with van der Waals surface area (Å²) in [6.45, 7) is 7.15. The van der Waals surface area contributed by atoms with Gasteiger partial charge in [-0.1, -0.05) is 13.8 Å². The Morgan fingerprint density at radius 3 is 2.93 bits per heavy atom. The number of aryl methyl sites for hydroxylation is 1. The predicted molar refractivity (Wildman–Crippen MR) is 62.9 cm³/mol. The van der Waals surface area contributed by atoms with Crippen LogP contribution in [0.3, 0.4) is 0 Å². The van der Waals surface area contributed by atoms with Gasteiger partial charge in [0.05, 0.1) is 0 Å². The fourth-order valence-electron chi connectivity index (χ4n) is 1.45. The molecule has 3 heteroatoms. The highest BCUT2D eigenvalue weighted by Crippen LogP contribution is 2.02. The van der Waals surface area contributed by atoms with Gasteiger partial charge in [-0.15, -0.1) is 0 Å². The van der Waals surface area contributed by atoms with Crippen molar-refractivity contribution in [2.75, 3.05) is 13.7 Å². The minimum Gasteiger partial charge on any atom is -0.385 e. The quantitative estimate of drug-likeness (QED) is 0.697. The molecular formula is C12H22N2O. The molecule has 0 aliphatic heterocycles. The van der Waals surface area contributed by atoms with Gasteiger partial charge in [-0.2, -0.15) is 0 Å². The van der Waals surface area contributed by atoms with Crippen LogP contribution < -0.4 is 5.32 Å². The molecular weight excluding hydrogens is 188 g/mol. The molecule has 0 spiro atoms. The first kappa shape index (κ1) is 12.3. The second kappa shape index (κ2) is 6.64. The van der Waals surface area contributed by atoms with E-state index in [0.717, 1.165) is 26.1 Å². The molecule has 0 saturated carbocycles. The number of ether oxygens (including phenoxy) is 1. The Balaban J connectivity index is 2.29. The fraction of sp³-hybridized carbons (Fsp3) is 0.667. The first-order valence-corrected chi connectivity index (χ1v) is 5.59. The summed E-state index contributed by atoms with van der Waals surface area (Å²) >= 11 is 0. The molecule has 1 heterocycles. The van der Waals surface area contributed by atoms with Gasteiger partial charge in [0.15, 0.2) is 0 Å². The van der Waals surface area contributed by atoms with Gasteiger partial charge in [0.2, 0.25) is 0 Å². The molecule has 0 radical (unpaired) electrons. The zero-order chi connectivity index (χ0) is 11.1. The largest absolute Gasteiger partial charge is 0.385 e. The Morgan fingerprint density at radius 1 is 1.47 bits per heavy atom. The Morgan fingerprint density at radius 2 is 2.27 bits per heavy atom. The standard InChI is InChI=1S/C12H22N2O/c1-11(2)13-9-12-5-7-14(10-12)6-4-8-15-3/h5,7,10-11,13H,4,6,8-9H2,1-3H3. The molecule has 0 fully saturated rings. The lowest BCUT2D eigenvalue weighted by Crippen LogP contribution is -2.21. The third-order valence-electron chi connectivity index (χ3n) is 2.29. The van der Waals surface area contributed by atoms with Crippen LogP contribution in [0.25, 0.3) is 0 Å². The minimum absolute atomic E-state index is 0.543. The van der Waals surface area contributed by atoms with Gasteiger partial charge in [0.25, 0.3) is 0 Å². The smallest absolute Gasteiger partial charge is 0.0479 e. The van der Waals surface area contributed by atoms with E-state index in [2.05, 4.69) is 42.2 Å². The number of methoxy groups -OCH3 is 1. The van der Waals surface area contributed by atoms with E-state index < -0.39 is 0 Å². The zero-order valence-electron chi connectivity index (χ0n) is 9.99. The molecule has 0 amide bonds. The van der Waals surface area contributed by atoms with Crippen molar-refractivity contribution in [3.8, 4) is 0 Å². The molecule has 0 aliphatic carbocycles. The van der Waals surface area contributed by atoms with Crippen LogP contribution in [-0.2, 0) is 17.8 Å². The SMILES string of the molecule is COCCCn1ccc(CNC(C)C)c1. The van der Waals surface area contributed by atoms with Crippen LogP contribution >= 0.6 is 0 Å². The van der Waals surface area contributed by atoms with E-state index in [1.54, 1.807) is 7.11 Å². The second-order valence-electron chi connectivity index (χ2n) is 4.14. The van der Waals surface area contributed by atoms with Crippen LogP contribution in [0.2, 0.25) is 0 Å². The van der Waals surface area contributed by atoms with Crippen molar-refractivity contribution in [1.82, 2.24) is 9.88 Å². The number of rotatable bonds is 7. The normalized spacial score (nSPS) is 11.2. The number of aromatic nitrogens is 1. The highest BCUT2D eigenvalue weighted by Gasteiger charge is 1.98. The van der Waals surface area contributed by atoms with Crippen LogP contribution in [0, 0.1) is 0 Å². The Labute approximate surface area is 92.4 Å². The molecule has 1 N–H and O–H groups in total. The van der Waals surface area contributed by atoms with Crippen molar-refractivity contribution in [3.63, 3.8) is 0 Å². The second-order valence-corrected chi connectivity index (χ2v) is 4.14. The lowest BCUT2D eigenvalue weighted by Gasteiger charge is -2.06. The Hall–Kier alpha value is -0.800. The highest BCUT2D eigenvalue weighted by molar-refractivity contribution is 5.09. The summed E-state index contributed by atoms with van der Waals surface area (Å²) in [5.41, 5.74) is 1.35. The van der Waals surface area contributed by atoms with Gasteiger partial charge in [-0.05, 0) is 18.1 Å². The van der Waals surface area contributed by atoms with Gasteiger partial charge >= 0.3 is 0 Å². The number of nitrogens with one attached hydrogen (secondary N) is 1. The fourth-order valence-corrected chi connectivity index (χ4v) is 1.45. The summed E-state index contributed by atoms with van der Waals surface area (Å²) in [4.78, 5) is 0. The van der Waals surface area contributed by atoms with E-state index in [4.69, 9.17) is 4.74 Å². The average Bonchev–Trinajstić information content (AvgIpc) is 2.63. The van der Waals surface area contributed by atoms with Crippen LogP contribution in [-0.4, -0.2) is 24.3 Å². The molecule has 1 aromatic rings. The van der Waals surface area contributed by atoms with Crippen molar-refractivity contribution in [3.05, 3.63) is 24.0 Å². The van der Waals surface area contributed by atoms with Gasteiger partial charge in [0.1, 0.15) is 0 Å². The maximum atomic E-state index is 5.02. The van der Waals surface area contributed by atoms with Crippen molar-refractivity contribution in [2.45, 2.75) is 39.4 Å². The van der Waals surface area contributed by atoms with Crippen molar-refractivity contribution < 1.29 is 4.74 Å².